The largest absolute Gasteiger partial charge is 0.480 e. The number of esters is 3. The second-order valence-electron chi connectivity index (χ2n) is 8.73. The van der Waals surface area contributed by atoms with E-state index in [2.05, 4.69) is 0 Å². The van der Waals surface area contributed by atoms with E-state index in [1.54, 1.807) is 33.8 Å². The van der Waals surface area contributed by atoms with Gasteiger partial charge in [-0.25, -0.2) is 0 Å². The fraction of sp³-hybridized carbons (Fsp3) is 0.600. The highest BCUT2D eigenvalue weighted by atomic mass is 16.6. The summed E-state index contributed by atoms with van der Waals surface area (Å²) < 4.78 is 16.3. The third-order valence-electron chi connectivity index (χ3n) is 6.13. The lowest BCUT2D eigenvalue weighted by Gasteiger charge is -2.31. The molecule has 0 radical (unpaired) electrons. The van der Waals surface area contributed by atoms with Crippen LogP contribution in [0.5, 0.6) is 11.5 Å². The smallest absolute Gasteiger partial charge is 0.321 e. The molecule has 1 rings (SSSR count). The van der Waals surface area contributed by atoms with Crippen LogP contribution in [0.1, 0.15) is 72.8 Å². The van der Waals surface area contributed by atoms with Gasteiger partial charge in [-0.05, 0) is 37.5 Å². The fourth-order valence-electron chi connectivity index (χ4n) is 3.30. The van der Waals surface area contributed by atoms with Crippen molar-refractivity contribution < 1.29 is 38.5 Å². The van der Waals surface area contributed by atoms with E-state index >= 15 is 0 Å². The number of hydrogen-bond acceptors (Lipinski definition) is 8. The van der Waals surface area contributed by atoms with Crippen LogP contribution in [0.3, 0.4) is 0 Å². The van der Waals surface area contributed by atoms with Gasteiger partial charge in [0.05, 0.1) is 11.8 Å². The third kappa shape index (κ3) is 7.83. The van der Waals surface area contributed by atoms with Gasteiger partial charge in [0.1, 0.15) is 12.1 Å². The highest BCUT2D eigenvalue weighted by molar-refractivity contribution is 5.79. The lowest BCUT2D eigenvalue weighted by Crippen LogP contribution is -2.42. The third-order valence-corrected chi connectivity index (χ3v) is 6.13. The number of rotatable bonds is 12. The van der Waals surface area contributed by atoms with Crippen molar-refractivity contribution in [3.8, 4) is 11.5 Å². The summed E-state index contributed by atoms with van der Waals surface area (Å²) in [5.74, 6) is -4.75. The van der Waals surface area contributed by atoms with Gasteiger partial charge in [-0.1, -0.05) is 40.7 Å². The van der Waals surface area contributed by atoms with Crippen molar-refractivity contribution >= 4 is 23.9 Å². The Kier molecular flexibility index (Phi) is 11.2. The van der Waals surface area contributed by atoms with Crippen LogP contribution in [0, 0.1) is 17.8 Å². The normalized spacial score (nSPS) is 16.4. The molecule has 6 atom stereocenters. The maximum Gasteiger partial charge on any atom is 0.321 e. The van der Waals surface area contributed by atoms with Crippen LogP contribution in [-0.4, -0.2) is 41.1 Å². The van der Waals surface area contributed by atoms with E-state index in [4.69, 9.17) is 19.9 Å². The first kappa shape index (κ1) is 29.1. The van der Waals surface area contributed by atoms with Crippen molar-refractivity contribution in [3.05, 3.63) is 23.8 Å². The summed E-state index contributed by atoms with van der Waals surface area (Å²) in [5.41, 5.74) is 6.47. The number of aliphatic carboxylic acids is 1. The van der Waals surface area contributed by atoms with Crippen LogP contribution < -0.4 is 15.2 Å². The van der Waals surface area contributed by atoms with Crippen molar-refractivity contribution in [1.29, 1.82) is 0 Å². The lowest BCUT2D eigenvalue weighted by atomic mass is 9.79. The number of carboxylic acid groups (broad SMARTS) is 1. The van der Waals surface area contributed by atoms with Gasteiger partial charge in [-0.2, -0.15) is 0 Å². The van der Waals surface area contributed by atoms with Gasteiger partial charge in [0.15, 0.2) is 11.5 Å². The maximum absolute atomic E-state index is 12.5. The first-order chi connectivity index (χ1) is 15.8. The predicted octanol–water partition coefficient (Wildman–Crippen LogP) is 3.67. The Morgan fingerprint density at radius 3 is 1.85 bits per heavy atom. The molecule has 190 valence electrons. The van der Waals surface area contributed by atoms with E-state index in [-0.39, 0.29) is 17.4 Å². The van der Waals surface area contributed by atoms with Crippen LogP contribution in [-0.2, 0) is 23.9 Å². The van der Waals surface area contributed by atoms with Crippen molar-refractivity contribution in [2.45, 2.75) is 79.4 Å². The number of carbonyl (C=O) groups excluding carboxylic acids is 3. The highest BCUT2D eigenvalue weighted by Crippen LogP contribution is 2.37. The number of carbonyl (C=O) groups is 4. The maximum atomic E-state index is 12.5. The van der Waals surface area contributed by atoms with E-state index in [9.17, 15) is 24.3 Å². The second kappa shape index (κ2) is 13.1. The van der Waals surface area contributed by atoms with Gasteiger partial charge in [0.25, 0.3) is 0 Å². The Bertz CT molecular complexity index is 884. The molecule has 0 spiro atoms. The number of hydrogen-bond donors (Lipinski definition) is 2. The molecule has 0 fully saturated rings. The monoisotopic (exact) mass is 479 g/mol. The Morgan fingerprint density at radius 2 is 1.41 bits per heavy atom. The summed E-state index contributed by atoms with van der Waals surface area (Å²) in [6.45, 7) is 11.8. The molecule has 0 aliphatic heterocycles. The summed E-state index contributed by atoms with van der Waals surface area (Å²) in [7, 11) is 0. The molecule has 0 aliphatic rings. The van der Waals surface area contributed by atoms with Gasteiger partial charge in [-0.15, -0.1) is 0 Å². The fourth-order valence-corrected chi connectivity index (χ4v) is 3.30. The number of nitrogens with two attached hydrogens (primary N) is 1. The van der Waals surface area contributed by atoms with Crippen LogP contribution in [0.2, 0.25) is 0 Å². The average Bonchev–Trinajstić information content (AvgIpc) is 2.78. The van der Waals surface area contributed by atoms with E-state index in [0.717, 1.165) is 0 Å². The predicted molar refractivity (Wildman–Crippen MR) is 125 cm³/mol. The SMILES string of the molecule is CCC(C)C(=O)Oc1ccc(C(C(C)C(C)OC(C)=O)[C@H](N)C(=O)O)cc1OC(=O)C(C)CC. The molecule has 1 aromatic rings. The van der Waals surface area contributed by atoms with Crippen molar-refractivity contribution in [1.82, 2.24) is 0 Å². The minimum absolute atomic E-state index is 0.00520. The molecular formula is C25H37NO8. The zero-order valence-electron chi connectivity index (χ0n) is 21.0. The summed E-state index contributed by atoms with van der Waals surface area (Å²) >= 11 is 0. The molecule has 1 aromatic carbocycles. The Labute approximate surface area is 200 Å². The first-order valence-electron chi connectivity index (χ1n) is 11.6. The van der Waals surface area contributed by atoms with Gasteiger partial charge in [0, 0.05) is 18.8 Å². The van der Waals surface area contributed by atoms with Gasteiger partial charge in [-0.3, -0.25) is 19.2 Å². The Hall–Kier alpha value is -2.94. The quantitative estimate of drug-likeness (QED) is 0.339. The topological polar surface area (TPSA) is 142 Å². The Morgan fingerprint density at radius 1 is 0.912 bits per heavy atom. The molecule has 34 heavy (non-hydrogen) atoms. The van der Waals surface area contributed by atoms with E-state index in [0.29, 0.717) is 18.4 Å². The zero-order valence-corrected chi connectivity index (χ0v) is 21.0. The number of benzene rings is 1. The highest BCUT2D eigenvalue weighted by Gasteiger charge is 2.35. The van der Waals surface area contributed by atoms with Gasteiger partial charge in [0.2, 0.25) is 0 Å². The molecule has 9 nitrogen and oxygen atoms in total. The Balaban J connectivity index is 3.53. The number of ether oxygens (including phenoxy) is 3. The molecule has 3 N–H and O–H groups in total. The molecule has 0 saturated carbocycles. The molecule has 0 heterocycles. The average molecular weight is 480 g/mol. The summed E-state index contributed by atoms with van der Waals surface area (Å²) in [6, 6.07) is 3.16. The molecule has 0 bridgehead atoms. The summed E-state index contributed by atoms with van der Waals surface area (Å²) in [6.07, 6.45) is 0.478. The standard InChI is InChI=1S/C25H37NO8/c1-8-13(3)24(30)33-19-11-10-18(12-20(19)34-25(31)14(4)9-2)21(22(26)23(28)29)15(5)16(6)32-17(7)27/h10-16,21-22H,8-9,26H2,1-7H3,(H,28,29)/t13?,14?,15?,16?,21?,22-/m0/s1. The molecule has 0 aromatic heterocycles. The minimum Gasteiger partial charge on any atom is -0.480 e. The van der Waals surface area contributed by atoms with Gasteiger partial charge >= 0.3 is 23.9 Å². The summed E-state index contributed by atoms with van der Waals surface area (Å²) in [4.78, 5) is 48.1. The van der Waals surface area contributed by atoms with E-state index < -0.39 is 53.8 Å². The molecular weight excluding hydrogens is 442 g/mol. The molecule has 0 amide bonds. The minimum atomic E-state index is -1.33. The molecule has 0 aliphatic carbocycles. The van der Waals surface area contributed by atoms with Crippen LogP contribution in [0.15, 0.2) is 18.2 Å². The van der Waals surface area contributed by atoms with Crippen molar-refractivity contribution in [2.24, 2.45) is 23.5 Å². The number of carboxylic acids is 1. The molecule has 5 unspecified atom stereocenters. The van der Waals surface area contributed by atoms with Crippen LogP contribution >= 0.6 is 0 Å². The van der Waals surface area contributed by atoms with E-state index in [1.165, 1.54) is 19.1 Å². The molecule has 0 saturated heterocycles. The second-order valence-corrected chi connectivity index (χ2v) is 8.73. The van der Waals surface area contributed by atoms with Gasteiger partial charge < -0.3 is 25.1 Å². The lowest BCUT2D eigenvalue weighted by molar-refractivity contribution is -0.148. The van der Waals surface area contributed by atoms with Crippen molar-refractivity contribution in [2.75, 3.05) is 0 Å². The van der Waals surface area contributed by atoms with Crippen molar-refractivity contribution in [3.63, 3.8) is 0 Å². The molecule has 9 heteroatoms. The van der Waals surface area contributed by atoms with Crippen LogP contribution in [0.25, 0.3) is 0 Å². The summed E-state index contributed by atoms with van der Waals surface area (Å²) in [5, 5.41) is 9.62. The zero-order chi connectivity index (χ0) is 26.2. The van der Waals surface area contributed by atoms with E-state index in [1.807, 2.05) is 13.8 Å². The van der Waals surface area contributed by atoms with Crippen LogP contribution in [0.4, 0.5) is 0 Å². The first-order valence-corrected chi connectivity index (χ1v) is 11.6.